The molecule has 38 heavy (non-hydrogen) atoms. The molecule has 4 aromatic carbocycles. The first-order valence-corrected chi connectivity index (χ1v) is 12.7. The summed E-state index contributed by atoms with van der Waals surface area (Å²) in [5.74, 6) is -0.465. The Labute approximate surface area is 222 Å². The van der Waals surface area contributed by atoms with E-state index in [-0.39, 0.29) is 11.7 Å². The van der Waals surface area contributed by atoms with Gasteiger partial charge in [-0.2, -0.15) is 0 Å². The molecule has 1 aliphatic carbocycles. The van der Waals surface area contributed by atoms with Crippen LogP contribution in [0.4, 0.5) is 10.1 Å². The maximum Gasteiger partial charge on any atom is 0.251 e. The van der Waals surface area contributed by atoms with Crippen molar-refractivity contribution in [2.75, 3.05) is 13.6 Å². The average Bonchev–Trinajstić information content (AvgIpc) is 3.24. The number of aliphatic hydroxyl groups excluding tert-OH is 1. The lowest BCUT2D eigenvalue weighted by Gasteiger charge is -2.18. The van der Waals surface area contributed by atoms with Crippen LogP contribution in [0.1, 0.15) is 33.1 Å². The van der Waals surface area contributed by atoms with E-state index < -0.39 is 12.1 Å². The molecule has 0 spiro atoms. The smallest absolute Gasteiger partial charge is 0.251 e. The predicted octanol–water partition coefficient (Wildman–Crippen LogP) is 5.72. The van der Waals surface area contributed by atoms with Crippen molar-refractivity contribution in [2.45, 2.75) is 25.1 Å². The van der Waals surface area contributed by atoms with E-state index in [9.17, 15) is 14.3 Å². The lowest BCUT2D eigenvalue weighted by Crippen LogP contribution is -2.33. The van der Waals surface area contributed by atoms with Crippen molar-refractivity contribution < 1.29 is 14.3 Å². The zero-order valence-electron chi connectivity index (χ0n) is 21.2. The molecule has 1 amide bonds. The summed E-state index contributed by atoms with van der Waals surface area (Å²) in [7, 11) is 1.98. The van der Waals surface area contributed by atoms with Crippen molar-refractivity contribution in [1.82, 2.24) is 10.2 Å². The third-order valence-electron chi connectivity index (χ3n) is 6.82. The number of carbonyl (C=O) groups is 1. The molecular weight excluding hydrogens is 477 g/mol. The Bertz CT molecular complexity index is 1420. The van der Waals surface area contributed by atoms with Gasteiger partial charge in [0.2, 0.25) is 0 Å². The molecule has 5 nitrogen and oxygen atoms in total. The number of hydrogen-bond acceptors (Lipinski definition) is 4. The van der Waals surface area contributed by atoms with E-state index in [4.69, 9.17) is 0 Å². The van der Waals surface area contributed by atoms with E-state index in [1.54, 1.807) is 12.1 Å². The van der Waals surface area contributed by atoms with Crippen molar-refractivity contribution in [3.8, 4) is 11.1 Å². The van der Waals surface area contributed by atoms with Crippen LogP contribution in [0.2, 0.25) is 0 Å². The molecule has 6 heteroatoms. The van der Waals surface area contributed by atoms with E-state index in [2.05, 4.69) is 15.2 Å². The number of aliphatic hydroxyl groups is 1. The van der Waals surface area contributed by atoms with Crippen molar-refractivity contribution in [2.24, 2.45) is 4.99 Å². The zero-order valence-corrected chi connectivity index (χ0v) is 21.2. The Morgan fingerprint density at radius 1 is 1.00 bits per heavy atom. The molecule has 0 saturated carbocycles. The van der Waals surface area contributed by atoms with E-state index in [0.29, 0.717) is 25.1 Å². The van der Waals surface area contributed by atoms with Gasteiger partial charge in [0.1, 0.15) is 5.82 Å². The second-order valence-corrected chi connectivity index (χ2v) is 9.68. The molecule has 0 bridgehead atoms. The van der Waals surface area contributed by atoms with Gasteiger partial charge in [0, 0.05) is 31.3 Å². The fraction of sp³-hybridized carbons (Fsp3) is 0.188. The molecule has 0 heterocycles. The van der Waals surface area contributed by atoms with Gasteiger partial charge < -0.3 is 10.4 Å². The Kier molecular flexibility index (Phi) is 7.73. The van der Waals surface area contributed by atoms with Crippen molar-refractivity contribution in [3.05, 3.63) is 125 Å². The fourth-order valence-electron chi connectivity index (χ4n) is 4.78. The van der Waals surface area contributed by atoms with Crippen LogP contribution in [0.15, 0.2) is 102 Å². The number of fused-ring (bicyclic) bond motifs is 1. The SMILES string of the molecule is CN(CC=Nc1ccc2c(c1)[C@@H](NC(=O)c1ccc(-c3ccccc3)cc1)[C@H](O)C2)Cc1ccc(F)cc1. The number of halogens is 1. The number of rotatable bonds is 8. The number of aliphatic imine (C=N–C) groups is 1. The van der Waals surface area contributed by atoms with Crippen LogP contribution in [-0.2, 0) is 13.0 Å². The van der Waals surface area contributed by atoms with Crippen molar-refractivity contribution in [3.63, 3.8) is 0 Å². The summed E-state index contributed by atoms with van der Waals surface area (Å²) in [5, 5.41) is 13.7. The van der Waals surface area contributed by atoms with Gasteiger partial charge in [-0.05, 0) is 71.3 Å². The molecule has 5 rings (SSSR count). The minimum absolute atomic E-state index is 0.224. The van der Waals surface area contributed by atoms with Gasteiger partial charge in [-0.15, -0.1) is 0 Å². The lowest BCUT2D eigenvalue weighted by molar-refractivity contribution is 0.0858. The lowest BCUT2D eigenvalue weighted by atomic mass is 10.0. The van der Waals surface area contributed by atoms with E-state index in [1.807, 2.05) is 86.1 Å². The molecule has 0 fully saturated rings. The Balaban J connectivity index is 1.22. The van der Waals surface area contributed by atoms with Crippen LogP contribution in [-0.4, -0.2) is 41.8 Å². The molecule has 4 aromatic rings. The number of nitrogens with one attached hydrogen (secondary N) is 1. The molecule has 2 N–H and O–H groups in total. The summed E-state index contributed by atoms with van der Waals surface area (Å²) >= 11 is 0. The number of amides is 1. The standard InChI is InChI=1S/C32H30FN3O2/c1-36(21-22-7-14-27(33)15-8-22)18-17-34-28-16-13-26-19-30(37)31(29(26)20-28)35-32(38)25-11-9-24(10-12-25)23-5-3-2-4-6-23/h2-17,20,30-31,37H,18-19,21H2,1H3,(H,35,38)/t30-,31-/m1/s1. The third kappa shape index (κ3) is 6.05. The van der Waals surface area contributed by atoms with Crippen molar-refractivity contribution >= 4 is 17.8 Å². The van der Waals surface area contributed by atoms with Crippen molar-refractivity contribution in [1.29, 1.82) is 0 Å². The molecule has 0 unspecified atom stereocenters. The molecule has 1 aliphatic rings. The molecule has 0 aromatic heterocycles. The Morgan fingerprint density at radius 2 is 1.71 bits per heavy atom. The van der Waals surface area contributed by atoms with Crippen LogP contribution >= 0.6 is 0 Å². The number of benzene rings is 4. The van der Waals surface area contributed by atoms with Crippen LogP contribution in [0.3, 0.4) is 0 Å². The number of carbonyl (C=O) groups excluding carboxylic acids is 1. The summed E-state index contributed by atoms with van der Waals surface area (Å²) in [6, 6.07) is 29.3. The van der Waals surface area contributed by atoms with Gasteiger partial charge in [0.15, 0.2) is 0 Å². The summed E-state index contributed by atoms with van der Waals surface area (Å²) < 4.78 is 13.1. The Morgan fingerprint density at radius 3 is 2.45 bits per heavy atom. The second-order valence-electron chi connectivity index (χ2n) is 9.68. The molecule has 192 valence electrons. The summed E-state index contributed by atoms with van der Waals surface area (Å²) in [4.78, 5) is 19.7. The van der Waals surface area contributed by atoms with Gasteiger partial charge in [-0.1, -0.05) is 60.7 Å². The molecular formula is C32H30FN3O2. The first-order chi connectivity index (χ1) is 18.5. The first kappa shape index (κ1) is 25.5. The second kappa shape index (κ2) is 11.5. The highest BCUT2D eigenvalue weighted by Gasteiger charge is 2.32. The normalized spacial score (nSPS) is 16.6. The van der Waals surface area contributed by atoms with Crippen LogP contribution in [0.5, 0.6) is 0 Å². The summed E-state index contributed by atoms with van der Waals surface area (Å²) in [5.41, 5.74) is 6.37. The summed E-state index contributed by atoms with van der Waals surface area (Å²) in [6.07, 6.45) is 1.62. The van der Waals surface area contributed by atoms with Gasteiger partial charge in [0.25, 0.3) is 5.91 Å². The fourth-order valence-corrected chi connectivity index (χ4v) is 4.78. The minimum atomic E-state index is -0.696. The van der Waals surface area contributed by atoms with E-state index >= 15 is 0 Å². The summed E-state index contributed by atoms with van der Waals surface area (Å²) in [6.45, 7) is 1.30. The van der Waals surface area contributed by atoms with Gasteiger partial charge >= 0.3 is 0 Å². The molecule has 0 aliphatic heterocycles. The zero-order chi connectivity index (χ0) is 26.5. The molecule has 2 atom stereocenters. The number of nitrogens with zero attached hydrogens (tertiary/aromatic N) is 2. The van der Waals surface area contributed by atoms with Gasteiger partial charge in [-0.3, -0.25) is 14.7 Å². The third-order valence-corrected chi connectivity index (χ3v) is 6.82. The quantitative estimate of drug-likeness (QED) is 0.300. The van der Waals surface area contributed by atoms with Crippen LogP contribution in [0.25, 0.3) is 11.1 Å². The van der Waals surface area contributed by atoms with Gasteiger partial charge in [-0.25, -0.2) is 4.39 Å². The maximum absolute atomic E-state index is 13.1. The highest BCUT2D eigenvalue weighted by Crippen LogP contribution is 2.34. The van der Waals surface area contributed by atoms with Crippen LogP contribution in [0, 0.1) is 5.82 Å². The predicted molar refractivity (Wildman–Crippen MR) is 149 cm³/mol. The molecule has 0 radical (unpaired) electrons. The Hall–Kier alpha value is -4.13. The first-order valence-electron chi connectivity index (χ1n) is 12.7. The largest absolute Gasteiger partial charge is 0.390 e. The van der Waals surface area contributed by atoms with Crippen LogP contribution < -0.4 is 5.32 Å². The number of hydrogen-bond donors (Lipinski definition) is 2. The van der Waals surface area contributed by atoms with E-state index in [0.717, 1.165) is 33.5 Å². The highest BCUT2D eigenvalue weighted by atomic mass is 19.1. The monoisotopic (exact) mass is 507 g/mol. The van der Waals surface area contributed by atoms with Gasteiger partial charge in [0.05, 0.1) is 17.8 Å². The highest BCUT2D eigenvalue weighted by molar-refractivity contribution is 5.95. The topological polar surface area (TPSA) is 64.9 Å². The maximum atomic E-state index is 13.1. The average molecular weight is 508 g/mol. The minimum Gasteiger partial charge on any atom is -0.390 e. The van der Waals surface area contributed by atoms with E-state index in [1.165, 1.54) is 12.1 Å². The molecule has 0 saturated heterocycles.